The Kier molecular flexibility index (Phi) is 5.65. The van der Waals surface area contributed by atoms with Gasteiger partial charge in [-0.15, -0.1) is 0 Å². The molecule has 6 heteroatoms. The number of esters is 1. The number of rotatable bonds is 6. The zero-order chi connectivity index (χ0) is 19.6. The number of aromatic nitrogens is 1. The predicted octanol–water partition coefficient (Wildman–Crippen LogP) is 3.34. The maximum Gasteiger partial charge on any atom is 0.338 e. The molecule has 1 aromatic heterocycles. The van der Waals surface area contributed by atoms with Gasteiger partial charge in [0.15, 0.2) is 6.61 Å². The summed E-state index contributed by atoms with van der Waals surface area (Å²) in [6, 6.07) is 6.37. The van der Waals surface area contributed by atoms with Crippen molar-refractivity contribution >= 4 is 11.8 Å². The highest BCUT2D eigenvalue weighted by Gasteiger charge is 2.22. The van der Waals surface area contributed by atoms with Gasteiger partial charge in [0.25, 0.3) is 0 Å². The first-order valence-electron chi connectivity index (χ1n) is 9.15. The third-order valence-corrected chi connectivity index (χ3v) is 5.06. The van der Waals surface area contributed by atoms with Crippen LogP contribution in [0.15, 0.2) is 24.3 Å². The molecule has 144 valence electrons. The molecule has 2 heterocycles. The predicted molar refractivity (Wildman–Crippen MR) is 100 cm³/mol. The van der Waals surface area contributed by atoms with Gasteiger partial charge >= 0.3 is 5.97 Å². The molecule has 1 aliphatic heterocycles. The highest BCUT2D eigenvalue weighted by molar-refractivity contribution is 6.00. The first-order chi connectivity index (χ1) is 12.9. The number of carbonyl (C=O) groups is 2. The molecule has 1 N–H and O–H groups in total. The number of aryl methyl sites for hydroxylation is 2. The van der Waals surface area contributed by atoms with Crippen molar-refractivity contribution in [2.45, 2.75) is 46.3 Å². The van der Waals surface area contributed by atoms with Crippen LogP contribution in [-0.2, 0) is 16.0 Å². The third kappa shape index (κ3) is 4.22. The maximum atomic E-state index is 12.6. The largest absolute Gasteiger partial charge is 0.508 e. The van der Waals surface area contributed by atoms with Crippen molar-refractivity contribution in [2.24, 2.45) is 0 Å². The van der Waals surface area contributed by atoms with Crippen molar-refractivity contribution in [3.05, 3.63) is 52.3 Å². The monoisotopic (exact) mass is 371 g/mol. The minimum Gasteiger partial charge on any atom is -0.508 e. The summed E-state index contributed by atoms with van der Waals surface area (Å²) in [7, 11) is 0. The molecule has 0 radical (unpaired) electrons. The number of aromatic hydroxyl groups is 1. The lowest BCUT2D eigenvalue weighted by Crippen LogP contribution is -2.18. The first-order valence-corrected chi connectivity index (χ1v) is 9.15. The molecule has 1 saturated heterocycles. The molecule has 1 atom stereocenters. The Bertz CT molecular complexity index is 862. The molecule has 6 nitrogen and oxygen atoms in total. The van der Waals surface area contributed by atoms with Gasteiger partial charge in [0.1, 0.15) is 5.75 Å². The van der Waals surface area contributed by atoms with Gasteiger partial charge in [0.2, 0.25) is 5.78 Å². The van der Waals surface area contributed by atoms with Crippen LogP contribution in [0.25, 0.3) is 0 Å². The van der Waals surface area contributed by atoms with Crippen molar-refractivity contribution in [3.8, 4) is 5.75 Å². The first kappa shape index (κ1) is 19.2. The summed E-state index contributed by atoms with van der Waals surface area (Å²) in [5, 5.41) is 9.70. The zero-order valence-electron chi connectivity index (χ0n) is 15.9. The van der Waals surface area contributed by atoms with Gasteiger partial charge in [-0.2, -0.15) is 0 Å². The van der Waals surface area contributed by atoms with Gasteiger partial charge < -0.3 is 19.1 Å². The van der Waals surface area contributed by atoms with Crippen LogP contribution < -0.4 is 0 Å². The van der Waals surface area contributed by atoms with Gasteiger partial charge in [-0.1, -0.05) is 6.07 Å². The molecule has 1 fully saturated rings. The summed E-state index contributed by atoms with van der Waals surface area (Å²) in [4.78, 5) is 24.7. The standard InChI is InChI=1S/C21H25NO5/c1-13-6-7-16(10-19(13)23)21(25)27-12-20(24)18-9-14(2)22(15(18)3)11-17-5-4-8-26-17/h6-7,9-10,17,23H,4-5,8,11-12H2,1-3H3/t17-/m1/s1. The summed E-state index contributed by atoms with van der Waals surface area (Å²) in [5.74, 6) is -0.855. The fourth-order valence-corrected chi connectivity index (χ4v) is 3.38. The highest BCUT2D eigenvalue weighted by atomic mass is 16.5. The number of hydrogen-bond acceptors (Lipinski definition) is 5. The molecule has 27 heavy (non-hydrogen) atoms. The number of nitrogens with zero attached hydrogens (tertiary/aromatic N) is 1. The van der Waals surface area contributed by atoms with Crippen LogP contribution in [0, 0.1) is 20.8 Å². The number of phenols is 1. The third-order valence-electron chi connectivity index (χ3n) is 5.06. The molecule has 0 saturated carbocycles. The Morgan fingerprint density at radius 2 is 2.04 bits per heavy atom. The van der Waals surface area contributed by atoms with Crippen LogP contribution >= 0.6 is 0 Å². The Morgan fingerprint density at radius 3 is 2.70 bits per heavy atom. The molecule has 0 spiro atoms. The van der Waals surface area contributed by atoms with E-state index in [2.05, 4.69) is 4.57 Å². The maximum absolute atomic E-state index is 12.6. The van der Waals surface area contributed by atoms with Crippen molar-refractivity contribution < 1.29 is 24.2 Å². The van der Waals surface area contributed by atoms with E-state index in [1.54, 1.807) is 19.1 Å². The number of Topliss-reactive ketones (excluding diaryl/α,β-unsaturated/α-hetero) is 1. The van der Waals surface area contributed by atoms with E-state index in [0.29, 0.717) is 11.1 Å². The van der Waals surface area contributed by atoms with Crippen molar-refractivity contribution in [3.63, 3.8) is 0 Å². The van der Waals surface area contributed by atoms with E-state index in [4.69, 9.17) is 9.47 Å². The van der Waals surface area contributed by atoms with Crippen molar-refractivity contribution in [1.29, 1.82) is 0 Å². The van der Waals surface area contributed by atoms with Crippen LogP contribution in [0.2, 0.25) is 0 Å². The second-order valence-electron chi connectivity index (χ2n) is 7.03. The van der Waals surface area contributed by atoms with Gasteiger partial charge in [-0.3, -0.25) is 4.79 Å². The number of ether oxygens (including phenoxy) is 2. The lowest BCUT2D eigenvalue weighted by molar-refractivity contribution is 0.0474. The second kappa shape index (κ2) is 7.96. The molecule has 1 aliphatic rings. The molecule has 0 aliphatic carbocycles. The van der Waals surface area contributed by atoms with Gasteiger partial charge in [-0.05, 0) is 57.4 Å². The zero-order valence-corrected chi connectivity index (χ0v) is 15.9. The van der Waals surface area contributed by atoms with Crippen LogP contribution in [0.4, 0.5) is 0 Å². The van der Waals surface area contributed by atoms with E-state index >= 15 is 0 Å². The molecule has 0 amide bonds. The van der Waals surface area contributed by atoms with E-state index in [0.717, 1.165) is 37.4 Å². The molecule has 3 rings (SSSR count). The summed E-state index contributed by atoms with van der Waals surface area (Å²) in [6.45, 7) is 6.78. The van der Waals surface area contributed by atoms with Gasteiger partial charge in [0.05, 0.1) is 11.7 Å². The minimum atomic E-state index is -0.633. The quantitative estimate of drug-likeness (QED) is 0.622. The Balaban J connectivity index is 1.65. The molecule has 1 aromatic carbocycles. The Hall–Kier alpha value is -2.60. The molecule has 2 aromatic rings. The SMILES string of the molecule is Cc1ccc(C(=O)OCC(=O)c2cc(C)n(C[C@H]3CCCO3)c2C)cc1O. The highest BCUT2D eigenvalue weighted by Crippen LogP contribution is 2.21. The summed E-state index contributed by atoms with van der Waals surface area (Å²) in [6.07, 6.45) is 2.28. The fraction of sp³-hybridized carbons (Fsp3) is 0.429. The summed E-state index contributed by atoms with van der Waals surface area (Å²) in [5.41, 5.74) is 3.29. The molecular formula is C21H25NO5. The van der Waals surface area contributed by atoms with E-state index < -0.39 is 5.97 Å². The molecule has 0 bridgehead atoms. The van der Waals surface area contributed by atoms with Crippen molar-refractivity contribution in [1.82, 2.24) is 4.57 Å². The average Bonchev–Trinajstić information content (AvgIpc) is 3.25. The fourth-order valence-electron chi connectivity index (χ4n) is 3.38. The lowest BCUT2D eigenvalue weighted by Gasteiger charge is -2.14. The van der Waals surface area contributed by atoms with Crippen molar-refractivity contribution in [2.75, 3.05) is 13.2 Å². The second-order valence-corrected chi connectivity index (χ2v) is 7.03. The molecule has 0 unspecified atom stereocenters. The number of hydrogen-bond donors (Lipinski definition) is 1. The smallest absolute Gasteiger partial charge is 0.338 e. The van der Waals surface area contributed by atoms with E-state index in [1.165, 1.54) is 6.07 Å². The normalized spacial score (nSPS) is 16.5. The van der Waals surface area contributed by atoms with Gasteiger partial charge in [-0.25, -0.2) is 4.79 Å². The minimum absolute atomic E-state index is 0.0217. The Morgan fingerprint density at radius 1 is 1.26 bits per heavy atom. The Labute approximate surface area is 158 Å². The van der Waals surface area contributed by atoms with E-state index in [1.807, 2.05) is 19.9 Å². The van der Waals surface area contributed by atoms with E-state index in [9.17, 15) is 14.7 Å². The number of phenolic OH excluding ortho intramolecular Hbond substituents is 1. The summed E-state index contributed by atoms with van der Waals surface area (Å²) < 4.78 is 12.9. The number of benzene rings is 1. The summed E-state index contributed by atoms with van der Waals surface area (Å²) >= 11 is 0. The topological polar surface area (TPSA) is 77.8 Å². The average molecular weight is 371 g/mol. The van der Waals surface area contributed by atoms with Gasteiger partial charge in [0, 0.05) is 30.1 Å². The van der Waals surface area contributed by atoms with E-state index in [-0.39, 0.29) is 29.8 Å². The van der Waals surface area contributed by atoms with Crippen LogP contribution in [-0.4, -0.2) is 40.7 Å². The lowest BCUT2D eigenvalue weighted by atomic mass is 10.1. The van der Waals surface area contributed by atoms with Crippen LogP contribution in [0.1, 0.15) is 50.5 Å². The number of ketones is 1. The number of carbonyl (C=O) groups excluding carboxylic acids is 2. The van der Waals surface area contributed by atoms with Crippen LogP contribution in [0.5, 0.6) is 5.75 Å². The van der Waals surface area contributed by atoms with Crippen LogP contribution in [0.3, 0.4) is 0 Å². The molecular weight excluding hydrogens is 346 g/mol.